The Bertz CT molecular complexity index is 414. The topological polar surface area (TPSA) is 29.3 Å². The lowest BCUT2D eigenvalue weighted by atomic mass is 9.99. The van der Waals surface area contributed by atoms with Crippen molar-refractivity contribution >= 4 is 0 Å². The van der Waals surface area contributed by atoms with Crippen molar-refractivity contribution in [2.45, 2.75) is 46.2 Å². The molecule has 1 aliphatic heterocycles. The summed E-state index contributed by atoms with van der Waals surface area (Å²) in [6.45, 7) is 11.1. The van der Waals surface area contributed by atoms with Crippen molar-refractivity contribution in [1.82, 2.24) is 4.90 Å². The fraction of sp³-hybridized carbons (Fsp3) is 0.625. The molecule has 0 aliphatic carbocycles. The molecule has 3 atom stereocenters. The Morgan fingerprint density at radius 1 is 1.33 bits per heavy atom. The molecule has 1 aliphatic rings. The van der Waals surface area contributed by atoms with Crippen LogP contribution in [0.3, 0.4) is 0 Å². The van der Waals surface area contributed by atoms with E-state index >= 15 is 0 Å². The molecule has 2 heteroatoms. The van der Waals surface area contributed by atoms with Crippen LogP contribution in [0.5, 0.6) is 0 Å². The molecule has 2 rings (SSSR count). The summed E-state index contributed by atoms with van der Waals surface area (Å²) >= 11 is 0. The highest BCUT2D eigenvalue weighted by atomic mass is 15.2. The third-order valence-corrected chi connectivity index (χ3v) is 4.18. The fourth-order valence-corrected chi connectivity index (χ4v) is 3.15. The van der Waals surface area contributed by atoms with Crippen molar-refractivity contribution in [3.8, 4) is 0 Å². The van der Waals surface area contributed by atoms with Crippen LogP contribution < -0.4 is 5.73 Å². The second-order valence-electron chi connectivity index (χ2n) is 6.11. The van der Waals surface area contributed by atoms with Gasteiger partial charge in [0.1, 0.15) is 0 Å². The van der Waals surface area contributed by atoms with E-state index in [-0.39, 0.29) is 6.04 Å². The number of hydrogen-bond donors (Lipinski definition) is 1. The van der Waals surface area contributed by atoms with Gasteiger partial charge in [-0.05, 0) is 44.2 Å². The number of rotatable bonds is 3. The molecule has 2 nitrogen and oxygen atoms in total. The molecule has 100 valence electrons. The van der Waals surface area contributed by atoms with E-state index < -0.39 is 0 Å². The lowest BCUT2D eigenvalue weighted by Gasteiger charge is -2.26. The predicted octanol–water partition coefficient (Wildman–Crippen LogP) is 3.03. The Labute approximate surface area is 111 Å². The van der Waals surface area contributed by atoms with Crippen LogP contribution in [-0.2, 0) is 0 Å². The van der Waals surface area contributed by atoms with E-state index in [9.17, 15) is 0 Å². The molecular formula is C16H26N2. The van der Waals surface area contributed by atoms with Crippen LogP contribution in [0.4, 0.5) is 0 Å². The summed E-state index contributed by atoms with van der Waals surface area (Å²) in [5, 5.41) is 0. The van der Waals surface area contributed by atoms with Gasteiger partial charge in [-0.15, -0.1) is 0 Å². The highest BCUT2D eigenvalue weighted by Crippen LogP contribution is 2.25. The van der Waals surface area contributed by atoms with Gasteiger partial charge in [0, 0.05) is 25.2 Å². The first-order valence-electron chi connectivity index (χ1n) is 7.04. The molecule has 0 bridgehead atoms. The average Bonchev–Trinajstić information content (AvgIpc) is 2.61. The molecule has 0 amide bonds. The zero-order valence-corrected chi connectivity index (χ0v) is 12.1. The van der Waals surface area contributed by atoms with Crippen molar-refractivity contribution in [2.24, 2.45) is 11.7 Å². The first-order chi connectivity index (χ1) is 8.47. The van der Waals surface area contributed by atoms with E-state index in [0.717, 1.165) is 12.5 Å². The van der Waals surface area contributed by atoms with E-state index in [0.29, 0.717) is 6.04 Å². The minimum absolute atomic E-state index is 0.137. The molecule has 18 heavy (non-hydrogen) atoms. The van der Waals surface area contributed by atoms with Gasteiger partial charge in [0.2, 0.25) is 0 Å². The third-order valence-electron chi connectivity index (χ3n) is 4.18. The summed E-state index contributed by atoms with van der Waals surface area (Å²) in [7, 11) is 0. The molecule has 2 N–H and O–H groups in total. The van der Waals surface area contributed by atoms with Gasteiger partial charge < -0.3 is 5.73 Å². The minimum atomic E-state index is 0.137. The van der Waals surface area contributed by atoms with E-state index in [4.69, 9.17) is 5.73 Å². The number of hydrogen-bond acceptors (Lipinski definition) is 2. The third kappa shape index (κ3) is 2.93. The van der Waals surface area contributed by atoms with Gasteiger partial charge >= 0.3 is 0 Å². The Hall–Kier alpha value is -0.860. The molecular weight excluding hydrogens is 220 g/mol. The lowest BCUT2D eigenvalue weighted by molar-refractivity contribution is 0.249. The van der Waals surface area contributed by atoms with Gasteiger partial charge in [-0.2, -0.15) is 0 Å². The molecule has 0 radical (unpaired) electrons. The van der Waals surface area contributed by atoms with Crippen LogP contribution in [0.2, 0.25) is 0 Å². The van der Waals surface area contributed by atoms with E-state index in [1.54, 1.807) is 0 Å². The van der Waals surface area contributed by atoms with Crippen molar-refractivity contribution in [3.05, 3.63) is 34.9 Å². The van der Waals surface area contributed by atoms with Crippen LogP contribution in [0.25, 0.3) is 0 Å². The van der Waals surface area contributed by atoms with Crippen LogP contribution in [0.1, 0.15) is 43.0 Å². The van der Waals surface area contributed by atoms with Crippen molar-refractivity contribution in [2.75, 3.05) is 13.1 Å². The zero-order chi connectivity index (χ0) is 13.3. The second kappa shape index (κ2) is 5.41. The standard InChI is InChI=1S/C16H26N2/c1-11-5-6-13(3)15(8-11)16(17)10-18-9-12(2)7-14(18)4/h5-6,8,12,14,16H,7,9-10,17H2,1-4H3. The second-order valence-corrected chi connectivity index (χ2v) is 6.11. The Morgan fingerprint density at radius 2 is 2.06 bits per heavy atom. The maximum atomic E-state index is 6.41. The Morgan fingerprint density at radius 3 is 2.67 bits per heavy atom. The predicted molar refractivity (Wildman–Crippen MR) is 77.7 cm³/mol. The molecule has 1 aromatic carbocycles. The molecule has 3 unspecified atom stereocenters. The SMILES string of the molecule is Cc1ccc(C)c(C(N)CN2CC(C)CC2C)c1. The number of nitrogens with zero attached hydrogens (tertiary/aromatic N) is 1. The molecule has 1 fully saturated rings. The molecule has 0 spiro atoms. The molecule has 1 aromatic rings. The summed E-state index contributed by atoms with van der Waals surface area (Å²) in [6.07, 6.45) is 1.31. The van der Waals surface area contributed by atoms with Crippen LogP contribution in [0.15, 0.2) is 18.2 Å². The maximum Gasteiger partial charge on any atom is 0.0427 e. The van der Waals surface area contributed by atoms with Crippen molar-refractivity contribution in [3.63, 3.8) is 0 Å². The summed E-state index contributed by atoms with van der Waals surface area (Å²) in [4.78, 5) is 2.54. The Balaban J connectivity index is 2.07. The van der Waals surface area contributed by atoms with E-state index in [2.05, 4.69) is 50.8 Å². The van der Waals surface area contributed by atoms with Crippen molar-refractivity contribution < 1.29 is 0 Å². The lowest BCUT2D eigenvalue weighted by Crippen LogP contribution is -2.35. The van der Waals surface area contributed by atoms with Gasteiger partial charge in [-0.25, -0.2) is 0 Å². The van der Waals surface area contributed by atoms with Gasteiger partial charge in [-0.1, -0.05) is 30.7 Å². The van der Waals surface area contributed by atoms with Gasteiger partial charge in [0.15, 0.2) is 0 Å². The minimum Gasteiger partial charge on any atom is -0.323 e. The van der Waals surface area contributed by atoms with E-state index in [1.165, 1.54) is 29.7 Å². The highest BCUT2D eigenvalue weighted by molar-refractivity contribution is 5.33. The van der Waals surface area contributed by atoms with Crippen LogP contribution >= 0.6 is 0 Å². The summed E-state index contributed by atoms with van der Waals surface area (Å²) < 4.78 is 0. The first kappa shape index (κ1) is 13.6. The number of likely N-dealkylation sites (tertiary alicyclic amines) is 1. The monoisotopic (exact) mass is 246 g/mol. The summed E-state index contributed by atoms with van der Waals surface area (Å²) in [5.41, 5.74) is 10.3. The first-order valence-corrected chi connectivity index (χ1v) is 7.04. The van der Waals surface area contributed by atoms with Gasteiger partial charge in [0.05, 0.1) is 0 Å². The zero-order valence-electron chi connectivity index (χ0n) is 12.1. The van der Waals surface area contributed by atoms with Crippen LogP contribution in [-0.4, -0.2) is 24.0 Å². The van der Waals surface area contributed by atoms with Crippen LogP contribution in [0, 0.1) is 19.8 Å². The molecule has 1 heterocycles. The average molecular weight is 246 g/mol. The van der Waals surface area contributed by atoms with E-state index in [1.807, 2.05) is 0 Å². The Kier molecular flexibility index (Phi) is 4.08. The number of aryl methyl sites for hydroxylation is 2. The quantitative estimate of drug-likeness (QED) is 0.888. The highest BCUT2D eigenvalue weighted by Gasteiger charge is 2.27. The summed E-state index contributed by atoms with van der Waals surface area (Å²) in [6, 6.07) is 7.39. The number of nitrogens with two attached hydrogens (primary N) is 1. The molecule has 0 aromatic heterocycles. The normalized spacial score (nSPS) is 26.5. The summed E-state index contributed by atoms with van der Waals surface area (Å²) in [5.74, 6) is 0.811. The molecule has 1 saturated heterocycles. The fourth-order valence-electron chi connectivity index (χ4n) is 3.15. The maximum absolute atomic E-state index is 6.41. The van der Waals surface area contributed by atoms with Gasteiger partial charge in [-0.3, -0.25) is 4.90 Å². The smallest absolute Gasteiger partial charge is 0.0427 e. The molecule has 0 saturated carbocycles. The van der Waals surface area contributed by atoms with Gasteiger partial charge in [0.25, 0.3) is 0 Å². The largest absolute Gasteiger partial charge is 0.323 e. The van der Waals surface area contributed by atoms with Crippen molar-refractivity contribution in [1.29, 1.82) is 0 Å². The number of benzene rings is 1.